The van der Waals surface area contributed by atoms with Crippen molar-refractivity contribution >= 4 is 29.0 Å². The second-order valence-electron chi connectivity index (χ2n) is 7.49. The Balaban J connectivity index is 1.90. The molecule has 1 amide bonds. The zero-order chi connectivity index (χ0) is 18.9. The first kappa shape index (κ1) is 19.1. The lowest BCUT2D eigenvalue weighted by Gasteiger charge is -2.32. The summed E-state index contributed by atoms with van der Waals surface area (Å²) in [7, 11) is -0.575. The van der Waals surface area contributed by atoms with Gasteiger partial charge in [0.05, 0.1) is 17.1 Å². The number of rotatable bonds is 4. The molecule has 0 aliphatic carbocycles. The molecular weight excluding hydrogens is 393 g/mol. The predicted molar refractivity (Wildman–Crippen MR) is 107 cm³/mol. The van der Waals surface area contributed by atoms with Gasteiger partial charge >= 0.3 is 7.12 Å². The summed E-state index contributed by atoms with van der Waals surface area (Å²) in [4.78, 5) is 12.7. The summed E-state index contributed by atoms with van der Waals surface area (Å²) in [5.41, 5.74) is 0.591. The monoisotopic (exact) mass is 415 g/mol. The van der Waals surface area contributed by atoms with Crippen LogP contribution >= 0.6 is 15.9 Å². The van der Waals surface area contributed by atoms with E-state index in [9.17, 15) is 4.79 Å². The van der Waals surface area contributed by atoms with Crippen LogP contribution < -0.4 is 5.32 Å². The molecule has 1 heterocycles. The van der Waals surface area contributed by atoms with Gasteiger partial charge in [0.15, 0.2) is 0 Å². The number of benzene rings is 2. The lowest BCUT2D eigenvalue weighted by atomic mass is 9.74. The smallest absolute Gasteiger partial charge is 0.402 e. The zero-order valence-corrected chi connectivity index (χ0v) is 17.0. The Morgan fingerprint density at radius 2 is 1.50 bits per heavy atom. The third kappa shape index (κ3) is 3.87. The van der Waals surface area contributed by atoms with Crippen molar-refractivity contribution in [2.45, 2.75) is 44.8 Å². The van der Waals surface area contributed by atoms with Crippen LogP contribution in [0.3, 0.4) is 0 Å². The Morgan fingerprint density at radius 3 is 2.04 bits per heavy atom. The van der Waals surface area contributed by atoms with Crippen molar-refractivity contribution in [3.05, 3.63) is 70.2 Å². The van der Waals surface area contributed by atoms with Crippen LogP contribution in [0.15, 0.2) is 59.1 Å². The van der Waals surface area contributed by atoms with Gasteiger partial charge in [-0.15, -0.1) is 0 Å². The Kier molecular flexibility index (Phi) is 5.29. The third-order valence-corrected chi connectivity index (χ3v) is 5.62. The number of carbonyl (C=O) groups is 1. The van der Waals surface area contributed by atoms with Crippen molar-refractivity contribution in [2.75, 3.05) is 0 Å². The molecule has 0 bridgehead atoms. The number of amides is 1. The van der Waals surface area contributed by atoms with Crippen LogP contribution in [0.4, 0.5) is 0 Å². The minimum absolute atomic E-state index is 0.159. The minimum Gasteiger partial charge on any atom is -0.402 e. The maximum absolute atomic E-state index is 12.7. The van der Waals surface area contributed by atoms with Gasteiger partial charge in [-0.05, 0) is 57.5 Å². The van der Waals surface area contributed by atoms with E-state index >= 15 is 0 Å². The normalized spacial score (nSPS) is 19.2. The highest BCUT2D eigenvalue weighted by Crippen LogP contribution is 2.40. The molecule has 0 unspecified atom stereocenters. The van der Waals surface area contributed by atoms with Gasteiger partial charge < -0.3 is 14.6 Å². The topological polar surface area (TPSA) is 47.6 Å². The van der Waals surface area contributed by atoms with E-state index < -0.39 is 24.3 Å². The highest BCUT2D eigenvalue weighted by molar-refractivity contribution is 9.10. The Hall–Kier alpha value is -1.63. The summed E-state index contributed by atoms with van der Waals surface area (Å²) in [6, 6.07) is 17.0. The molecule has 2 aromatic rings. The van der Waals surface area contributed by atoms with E-state index in [1.165, 1.54) is 0 Å². The van der Waals surface area contributed by atoms with E-state index in [0.29, 0.717) is 5.56 Å². The Morgan fingerprint density at radius 1 is 0.962 bits per heavy atom. The van der Waals surface area contributed by atoms with Gasteiger partial charge in [0.1, 0.15) is 0 Å². The summed E-state index contributed by atoms with van der Waals surface area (Å²) < 4.78 is 13.4. The van der Waals surface area contributed by atoms with Crippen LogP contribution in [0.5, 0.6) is 0 Å². The standard InChI is InChI=1S/C20H23BBrNO3/c1-19(2)20(3,4)26-21(25-19)17(14-10-12-16(22)13-11-14)23-18(24)15-8-6-5-7-9-15/h5-13,17H,1-4H3,(H,23,24)/t17-/m0/s1. The average molecular weight is 416 g/mol. The average Bonchev–Trinajstić information content (AvgIpc) is 2.82. The molecule has 3 rings (SSSR count). The predicted octanol–water partition coefficient (Wildman–Crippen LogP) is 4.55. The highest BCUT2D eigenvalue weighted by atomic mass is 79.9. The molecule has 6 heteroatoms. The molecule has 0 spiro atoms. The lowest BCUT2D eigenvalue weighted by molar-refractivity contribution is 0.00578. The van der Waals surface area contributed by atoms with Crippen molar-refractivity contribution in [2.24, 2.45) is 0 Å². The van der Waals surface area contributed by atoms with Crippen LogP contribution in [0.1, 0.15) is 49.6 Å². The second-order valence-corrected chi connectivity index (χ2v) is 8.41. The van der Waals surface area contributed by atoms with Crippen molar-refractivity contribution < 1.29 is 14.1 Å². The molecule has 136 valence electrons. The quantitative estimate of drug-likeness (QED) is 0.745. The fourth-order valence-electron chi connectivity index (χ4n) is 2.82. The van der Waals surface area contributed by atoms with Gasteiger partial charge in [0.25, 0.3) is 5.91 Å². The molecular formula is C20H23BBrNO3. The molecule has 0 radical (unpaired) electrons. The largest absolute Gasteiger partial charge is 0.486 e. The first-order valence-electron chi connectivity index (χ1n) is 8.67. The molecule has 1 atom stereocenters. The summed E-state index contributed by atoms with van der Waals surface area (Å²) >= 11 is 3.45. The Labute approximate surface area is 163 Å². The molecule has 1 aliphatic heterocycles. The van der Waals surface area contributed by atoms with Gasteiger partial charge in [0, 0.05) is 10.0 Å². The van der Waals surface area contributed by atoms with Crippen molar-refractivity contribution in [3.63, 3.8) is 0 Å². The zero-order valence-electron chi connectivity index (χ0n) is 15.5. The van der Waals surface area contributed by atoms with Crippen molar-refractivity contribution in [3.8, 4) is 0 Å². The van der Waals surface area contributed by atoms with Gasteiger partial charge in [0.2, 0.25) is 0 Å². The molecule has 2 aromatic carbocycles. The highest BCUT2D eigenvalue weighted by Gasteiger charge is 2.54. The molecule has 0 saturated carbocycles. The van der Waals surface area contributed by atoms with E-state index in [1.54, 1.807) is 12.1 Å². The van der Waals surface area contributed by atoms with Gasteiger partial charge in [-0.25, -0.2) is 0 Å². The number of nitrogens with one attached hydrogen (secondary N) is 1. The van der Waals surface area contributed by atoms with E-state index in [2.05, 4.69) is 21.2 Å². The SMILES string of the molecule is CC1(C)OB([C@@H](NC(=O)c2ccccc2)c2ccc(Br)cc2)OC1(C)C. The molecule has 1 N–H and O–H groups in total. The van der Waals surface area contributed by atoms with E-state index in [-0.39, 0.29) is 5.91 Å². The van der Waals surface area contributed by atoms with Gasteiger partial charge in [-0.3, -0.25) is 4.79 Å². The first-order valence-corrected chi connectivity index (χ1v) is 9.46. The van der Waals surface area contributed by atoms with Crippen molar-refractivity contribution in [1.82, 2.24) is 5.32 Å². The fourth-order valence-corrected chi connectivity index (χ4v) is 3.08. The third-order valence-electron chi connectivity index (χ3n) is 5.10. The molecule has 1 fully saturated rings. The Bertz CT molecular complexity index is 761. The van der Waals surface area contributed by atoms with Gasteiger partial charge in [-0.2, -0.15) is 0 Å². The summed E-state index contributed by atoms with van der Waals surface area (Å²) in [6.07, 6.45) is 0. The minimum atomic E-state index is -0.575. The molecule has 26 heavy (non-hydrogen) atoms. The van der Waals surface area contributed by atoms with Crippen LogP contribution in [0.2, 0.25) is 0 Å². The number of halogens is 1. The lowest BCUT2D eigenvalue weighted by Crippen LogP contribution is -2.41. The number of carbonyl (C=O) groups excluding carboxylic acids is 1. The van der Waals surface area contributed by atoms with Crippen molar-refractivity contribution in [1.29, 1.82) is 0 Å². The van der Waals surface area contributed by atoms with Crippen LogP contribution in [-0.2, 0) is 9.31 Å². The molecule has 1 aliphatic rings. The molecule has 1 saturated heterocycles. The molecule has 4 nitrogen and oxygen atoms in total. The van der Waals surface area contributed by atoms with E-state index in [4.69, 9.17) is 9.31 Å². The van der Waals surface area contributed by atoms with Crippen LogP contribution in [-0.4, -0.2) is 24.2 Å². The van der Waals surface area contributed by atoms with Crippen LogP contribution in [0.25, 0.3) is 0 Å². The van der Waals surface area contributed by atoms with Gasteiger partial charge in [-0.1, -0.05) is 46.3 Å². The summed E-state index contributed by atoms with van der Waals surface area (Å²) in [5, 5.41) is 3.08. The molecule has 0 aromatic heterocycles. The van der Waals surface area contributed by atoms with Crippen LogP contribution in [0, 0.1) is 0 Å². The summed E-state index contributed by atoms with van der Waals surface area (Å²) in [5.74, 6) is -0.579. The first-order chi connectivity index (χ1) is 12.2. The van der Waals surface area contributed by atoms with E-state index in [1.807, 2.05) is 70.2 Å². The van der Waals surface area contributed by atoms with E-state index in [0.717, 1.165) is 10.0 Å². The second kappa shape index (κ2) is 7.18. The number of hydrogen-bond acceptors (Lipinski definition) is 3. The number of hydrogen-bond donors (Lipinski definition) is 1. The maximum Gasteiger partial charge on any atom is 0.486 e. The fraction of sp³-hybridized carbons (Fsp3) is 0.350. The maximum atomic E-state index is 12.7. The summed E-state index contributed by atoms with van der Waals surface area (Å²) in [6.45, 7) is 8.02.